The van der Waals surface area contributed by atoms with Crippen LogP contribution in [0.25, 0.3) is 0 Å². The van der Waals surface area contributed by atoms with Crippen LogP contribution in [0.1, 0.15) is 17.0 Å². The van der Waals surface area contributed by atoms with Crippen molar-refractivity contribution < 1.29 is 9.53 Å². The number of ether oxygens (including phenoxy) is 1. The highest BCUT2D eigenvalue weighted by Crippen LogP contribution is 2.32. The normalized spacial score (nSPS) is 14.8. The summed E-state index contributed by atoms with van der Waals surface area (Å²) in [5.74, 6) is 1.94. The van der Waals surface area contributed by atoms with Gasteiger partial charge in [0.15, 0.2) is 0 Å². The van der Waals surface area contributed by atoms with Gasteiger partial charge in [-0.25, -0.2) is 9.78 Å². The number of para-hydroxylation sites is 1. The van der Waals surface area contributed by atoms with Crippen LogP contribution in [0.15, 0.2) is 78.0 Å². The number of hydrogen-bond donors (Lipinski definition) is 2. The molecule has 2 heterocycles. The Morgan fingerprint density at radius 2 is 1.89 bits per heavy atom. The van der Waals surface area contributed by atoms with E-state index in [1.165, 1.54) is 5.56 Å². The van der Waals surface area contributed by atoms with Crippen LogP contribution in [0.3, 0.4) is 0 Å². The molecule has 0 saturated carbocycles. The van der Waals surface area contributed by atoms with Crippen molar-refractivity contribution in [2.24, 2.45) is 0 Å². The molecule has 0 fully saturated rings. The maximum Gasteiger partial charge on any atom is 0.319 e. The number of thioether (sulfide) groups is 1. The van der Waals surface area contributed by atoms with Crippen molar-refractivity contribution in [1.29, 1.82) is 0 Å². The molecule has 5 nitrogen and oxygen atoms in total. The molecular formula is C22H21N3O2S. The summed E-state index contributed by atoms with van der Waals surface area (Å²) in [5, 5.41) is 6.82. The number of amides is 2. The molecule has 1 aromatic heterocycles. The number of benzene rings is 2. The second-order valence-electron chi connectivity index (χ2n) is 6.53. The number of fused-ring (bicyclic) bond motifs is 1. The fraction of sp³-hybridized carbons (Fsp3) is 0.182. The van der Waals surface area contributed by atoms with Crippen molar-refractivity contribution in [2.45, 2.75) is 16.7 Å². The van der Waals surface area contributed by atoms with Crippen molar-refractivity contribution in [1.82, 2.24) is 10.3 Å². The first-order chi connectivity index (χ1) is 13.8. The molecule has 0 saturated heterocycles. The average molecular weight is 391 g/mol. The Morgan fingerprint density at radius 3 is 2.71 bits per heavy atom. The van der Waals surface area contributed by atoms with Gasteiger partial charge in [0.05, 0.1) is 11.6 Å². The molecule has 1 aliphatic heterocycles. The lowest BCUT2D eigenvalue weighted by Crippen LogP contribution is -2.32. The summed E-state index contributed by atoms with van der Waals surface area (Å²) < 4.78 is 5.65. The number of aromatic nitrogens is 1. The van der Waals surface area contributed by atoms with Gasteiger partial charge >= 0.3 is 6.03 Å². The molecular weight excluding hydrogens is 370 g/mol. The fourth-order valence-electron chi connectivity index (χ4n) is 3.06. The van der Waals surface area contributed by atoms with E-state index in [2.05, 4.69) is 15.6 Å². The number of carbonyl (C=O) groups is 1. The predicted molar refractivity (Wildman–Crippen MR) is 112 cm³/mol. The Balaban J connectivity index is 1.24. The van der Waals surface area contributed by atoms with Crippen LogP contribution in [-0.4, -0.2) is 24.2 Å². The Bertz CT molecular complexity index is 932. The molecule has 142 valence electrons. The highest BCUT2D eigenvalue weighted by molar-refractivity contribution is 7.98. The van der Waals surface area contributed by atoms with Crippen molar-refractivity contribution in [2.75, 3.05) is 18.5 Å². The Kier molecular flexibility index (Phi) is 5.77. The molecule has 2 N–H and O–H groups in total. The van der Waals surface area contributed by atoms with E-state index in [9.17, 15) is 4.79 Å². The van der Waals surface area contributed by atoms with E-state index in [1.807, 2.05) is 66.7 Å². The highest BCUT2D eigenvalue weighted by atomic mass is 32.2. The minimum absolute atomic E-state index is 0.188. The average Bonchev–Trinajstić information content (AvgIpc) is 3.16. The van der Waals surface area contributed by atoms with Gasteiger partial charge in [0, 0.05) is 35.7 Å². The lowest BCUT2D eigenvalue weighted by molar-refractivity contribution is 0.250. The minimum Gasteiger partial charge on any atom is -0.493 e. The monoisotopic (exact) mass is 391 g/mol. The van der Waals surface area contributed by atoms with Crippen molar-refractivity contribution >= 4 is 23.5 Å². The number of anilines is 1. The third kappa shape index (κ3) is 4.64. The number of nitrogens with zero attached hydrogens (tertiary/aromatic N) is 1. The molecule has 3 aromatic rings. The first kappa shape index (κ1) is 18.4. The van der Waals surface area contributed by atoms with Crippen molar-refractivity contribution in [3.8, 4) is 5.75 Å². The topological polar surface area (TPSA) is 63.2 Å². The summed E-state index contributed by atoms with van der Waals surface area (Å²) in [4.78, 5) is 16.5. The summed E-state index contributed by atoms with van der Waals surface area (Å²) in [6.45, 7) is 1.14. The summed E-state index contributed by atoms with van der Waals surface area (Å²) in [5.41, 5.74) is 3.10. The number of hydrogen-bond acceptors (Lipinski definition) is 4. The van der Waals surface area contributed by atoms with E-state index < -0.39 is 0 Å². The van der Waals surface area contributed by atoms with Crippen LogP contribution in [0.4, 0.5) is 10.5 Å². The van der Waals surface area contributed by atoms with Crippen molar-refractivity contribution in [3.63, 3.8) is 0 Å². The van der Waals surface area contributed by atoms with E-state index in [0.717, 1.165) is 27.8 Å². The second kappa shape index (κ2) is 8.80. The van der Waals surface area contributed by atoms with Gasteiger partial charge in [-0.05, 0) is 35.9 Å². The maximum atomic E-state index is 12.2. The van der Waals surface area contributed by atoms with Gasteiger partial charge in [-0.1, -0.05) is 36.4 Å². The van der Waals surface area contributed by atoms with E-state index in [1.54, 1.807) is 18.0 Å². The molecule has 1 atom stereocenters. The standard InChI is InChI=1S/C22H21N3O2S/c26-22(24-13-17-14-27-20-6-2-1-5-19(17)20)25-18-10-8-16(9-11-18)15-28-21-7-3-4-12-23-21/h1-12,17H,13-15H2,(H2,24,25,26). The summed E-state index contributed by atoms with van der Waals surface area (Å²) >= 11 is 1.69. The molecule has 1 aliphatic rings. The van der Waals surface area contributed by atoms with Gasteiger partial charge in [0.1, 0.15) is 5.75 Å². The zero-order valence-corrected chi connectivity index (χ0v) is 16.1. The van der Waals surface area contributed by atoms with Crippen LogP contribution < -0.4 is 15.4 Å². The molecule has 6 heteroatoms. The smallest absolute Gasteiger partial charge is 0.319 e. The molecule has 0 aliphatic carbocycles. The van der Waals surface area contributed by atoms with Crippen LogP contribution >= 0.6 is 11.8 Å². The number of nitrogens with one attached hydrogen (secondary N) is 2. The predicted octanol–water partition coefficient (Wildman–Crippen LogP) is 4.67. The molecule has 2 amide bonds. The molecule has 1 unspecified atom stereocenters. The third-order valence-electron chi connectivity index (χ3n) is 4.54. The summed E-state index contributed by atoms with van der Waals surface area (Å²) in [7, 11) is 0. The lowest BCUT2D eigenvalue weighted by atomic mass is 10.0. The maximum absolute atomic E-state index is 12.2. The van der Waals surface area contributed by atoms with Crippen LogP contribution in [0.5, 0.6) is 5.75 Å². The molecule has 2 aromatic carbocycles. The number of pyridine rings is 1. The number of carbonyl (C=O) groups excluding carboxylic acids is 1. The second-order valence-corrected chi connectivity index (χ2v) is 7.53. The van der Waals surface area contributed by atoms with Crippen molar-refractivity contribution in [3.05, 3.63) is 84.1 Å². The van der Waals surface area contributed by atoms with Gasteiger partial charge in [-0.15, -0.1) is 11.8 Å². The van der Waals surface area contributed by atoms with E-state index in [0.29, 0.717) is 13.2 Å². The molecule has 0 radical (unpaired) electrons. The van der Waals surface area contributed by atoms with Gasteiger partial charge in [0.25, 0.3) is 0 Å². The first-order valence-electron chi connectivity index (χ1n) is 9.17. The zero-order chi connectivity index (χ0) is 19.2. The Morgan fingerprint density at radius 1 is 1.07 bits per heavy atom. The summed E-state index contributed by atoms with van der Waals surface area (Å²) in [6.07, 6.45) is 1.80. The number of rotatable bonds is 6. The van der Waals surface area contributed by atoms with Crippen LogP contribution in [0, 0.1) is 0 Å². The molecule has 0 spiro atoms. The van der Waals surface area contributed by atoms with Gasteiger partial charge < -0.3 is 15.4 Å². The zero-order valence-electron chi connectivity index (χ0n) is 15.3. The van der Waals surface area contributed by atoms with E-state index in [4.69, 9.17) is 4.74 Å². The minimum atomic E-state index is -0.208. The Labute approximate surface area is 168 Å². The van der Waals surface area contributed by atoms with Gasteiger partial charge in [0.2, 0.25) is 0 Å². The highest BCUT2D eigenvalue weighted by Gasteiger charge is 2.23. The van der Waals surface area contributed by atoms with Crippen LogP contribution in [-0.2, 0) is 5.75 Å². The lowest BCUT2D eigenvalue weighted by Gasteiger charge is -2.12. The molecule has 0 bridgehead atoms. The van der Waals surface area contributed by atoms with E-state index >= 15 is 0 Å². The largest absolute Gasteiger partial charge is 0.493 e. The molecule has 28 heavy (non-hydrogen) atoms. The Hall–Kier alpha value is -2.99. The quantitative estimate of drug-likeness (QED) is 0.599. The first-order valence-corrected chi connectivity index (χ1v) is 10.2. The summed E-state index contributed by atoms with van der Waals surface area (Å²) in [6, 6.07) is 21.5. The van der Waals surface area contributed by atoms with Gasteiger partial charge in [-0.2, -0.15) is 0 Å². The fourth-order valence-corrected chi connectivity index (χ4v) is 3.88. The van der Waals surface area contributed by atoms with Crippen LogP contribution in [0.2, 0.25) is 0 Å². The SMILES string of the molecule is O=C(NCC1COc2ccccc21)Nc1ccc(CSc2ccccn2)cc1. The number of urea groups is 1. The third-order valence-corrected chi connectivity index (χ3v) is 5.56. The van der Waals surface area contributed by atoms with E-state index in [-0.39, 0.29) is 11.9 Å². The molecule has 4 rings (SSSR count). The van der Waals surface area contributed by atoms with Gasteiger partial charge in [-0.3, -0.25) is 0 Å².